The predicted octanol–water partition coefficient (Wildman–Crippen LogP) is 5.06. The number of benzene rings is 2. The summed E-state index contributed by atoms with van der Waals surface area (Å²) in [4.78, 5) is 20.7. The standard InChI is InChI=1S/C24H24ClN3O/c25-23-8-2-1-6-20(23)17-27(18-21-7-3-4-14-26-21)16-19-10-12-22(13-11-19)28-15-5-9-24(28)29/h1-4,6-8,10-14H,5,9,15-18H2. The molecule has 148 valence electrons. The van der Waals surface area contributed by atoms with Gasteiger partial charge in [0.25, 0.3) is 0 Å². The van der Waals surface area contributed by atoms with Crippen LogP contribution in [-0.2, 0) is 24.4 Å². The summed E-state index contributed by atoms with van der Waals surface area (Å²) in [6, 6.07) is 22.3. The molecule has 0 bridgehead atoms. The average molecular weight is 406 g/mol. The van der Waals surface area contributed by atoms with Gasteiger partial charge in [-0.2, -0.15) is 0 Å². The number of amides is 1. The van der Waals surface area contributed by atoms with Gasteiger partial charge in [0.15, 0.2) is 0 Å². The van der Waals surface area contributed by atoms with Gasteiger partial charge in [-0.15, -0.1) is 0 Å². The number of hydrogen-bond acceptors (Lipinski definition) is 3. The molecule has 2 heterocycles. The van der Waals surface area contributed by atoms with Crippen molar-refractivity contribution < 1.29 is 4.79 Å². The fraction of sp³-hybridized carbons (Fsp3) is 0.250. The Kier molecular flexibility index (Phi) is 6.23. The molecule has 4 rings (SSSR count). The predicted molar refractivity (Wildman–Crippen MR) is 117 cm³/mol. The van der Waals surface area contributed by atoms with Crippen molar-refractivity contribution in [2.75, 3.05) is 11.4 Å². The zero-order valence-electron chi connectivity index (χ0n) is 16.3. The molecule has 4 nitrogen and oxygen atoms in total. The Morgan fingerprint density at radius 3 is 2.41 bits per heavy atom. The topological polar surface area (TPSA) is 36.4 Å². The van der Waals surface area contributed by atoms with Crippen molar-refractivity contribution >= 4 is 23.2 Å². The lowest BCUT2D eigenvalue weighted by Gasteiger charge is -2.23. The minimum absolute atomic E-state index is 0.216. The van der Waals surface area contributed by atoms with Crippen LogP contribution in [-0.4, -0.2) is 22.3 Å². The van der Waals surface area contributed by atoms with Crippen LogP contribution in [0.25, 0.3) is 0 Å². The molecule has 1 amide bonds. The normalized spacial score (nSPS) is 14.0. The first-order chi connectivity index (χ1) is 14.2. The molecule has 1 fully saturated rings. The van der Waals surface area contributed by atoms with Crippen molar-refractivity contribution in [3.63, 3.8) is 0 Å². The lowest BCUT2D eigenvalue weighted by Crippen LogP contribution is -2.24. The van der Waals surface area contributed by atoms with Crippen LogP contribution < -0.4 is 4.90 Å². The number of carbonyl (C=O) groups is 1. The fourth-order valence-corrected chi connectivity index (χ4v) is 3.91. The van der Waals surface area contributed by atoms with Crippen LogP contribution in [0, 0.1) is 0 Å². The molecular formula is C24H24ClN3O. The van der Waals surface area contributed by atoms with E-state index < -0.39 is 0 Å². The van der Waals surface area contributed by atoms with Crippen molar-refractivity contribution in [3.05, 3.63) is 94.8 Å². The van der Waals surface area contributed by atoms with E-state index in [2.05, 4.69) is 28.1 Å². The number of anilines is 1. The number of nitrogens with zero attached hydrogens (tertiary/aromatic N) is 3. The molecule has 0 unspecified atom stereocenters. The van der Waals surface area contributed by atoms with Gasteiger partial charge >= 0.3 is 0 Å². The first-order valence-corrected chi connectivity index (χ1v) is 10.3. The molecule has 0 radical (unpaired) electrons. The van der Waals surface area contributed by atoms with Crippen LogP contribution >= 0.6 is 11.6 Å². The molecular weight excluding hydrogens is 382 g/mol. The molecule has 2 aromatic carbocycles. The van der Waals surface area contributed by atoms with Crippen LogP contribution in [0.5, 0.6) is 0 Å². The first-order valence-electron chi connectivity index (χ1n) is 9.94. The molecule has 1 saturated heterocycles. The van der Waals surface area contributed by atoms with Gasteiger partial charge < -0.3 is 4.90 Å². The highest BCUT2D eigenvalue weighted by atomic mass is 35.5. The molecule has 29 heavy (non-hydrogen) atoms. The van der Waals surface area contributed by atoms with Crippen LogP contribution in [0.2, 0.25) is 5.02 Å². The molecule has 0 spiro atoms. The van der Waals surface area contributed by atoms with Gasteiger partial charge in [-0.3, -0.25) is 14.7 Å². The van der Waals surface area contributed by atoms with E-state index in [1.807, 2.05) is 59.6 Å². The second-order valence-corrected chi connectivity index (χ2v) is 7.78. The molecule has 0 N–H and O–H groups in total. The summed E-state index contributed by atoms with van der Waals surface area (Å²) in [7, 11) is 0. The Morgan fingerprint density at radius 1 is 0.931 bits per heavy atom. The Labute approximate surface area is 176 Å². The lowest BCUT2D eigenvalue weighted by molar-refractivity contribution is -0.117. The quantitative estimate of drug-likeness (QED) is 0.551. The summed E-state index contributed by atoms with van der Waals surface area (Å²) in [6.45, 7) is 3.06. The second-order valence-electron chi connectivity index (χ2n) is 7.37. The Bertz CT molecular complexity index is 959. The number of pyridine rings is 1. The van der Waals surface area contributed by atoms with Crippen molar-refractivity contribution in [1.29, 1.82) is 0 Å². The van der Waals surface area contributed by atoms with E-state index in [9.17, 15) is 4.79 Å². The molecule has 0 atom stereocenters. The number of carbonyl (C=O) groups excluding carboxylic acids is 1. The second kappa shape index (κ2) is 9.21. The van der Waals surface area contributed by atoms with E-state index in [1.54, 1.807) is 0 Å². The highest BCUT2D eigenvalue weighted by molar-refractivity contribution is 6.31. The van der Waals surface area contributed by atoms with Crippen molar-refractivity contribution in [3.8, 4) is 0 Å². The minimum Gasteiger partial charge on any atom is -0.312 e. The van der Waals surface area contributed by atoms with E-state index in [-0.39, 0.29) is 5.91 Å². The Hall–Kier alpha value is -2.69. The summed E-state index contributed by atoms with van der Waals surface area (Å²) in [5, 5.41) is 0.779. The number of halogens is 1. The van der Waals surface area contributed by atoms with Gasteiger partial charge in [-0.05, 0) is 47.9 Å². The third kappa shape index (κ3) is 5.03. The zero-order valence-corrected chi connectivity index (χ0v) is 17.1. The van der Waals surface area contributed by atoms with Crippen LogP contribution in [0.15, 0.2) is 72.9 Å². The van der Waals surface area contributed by atoms with Crippen molar-refractivity contribution in [2.24, 2.45) is 0 Å². The van der Waals surface area contributed by atoms with E-state index in [1.165, 1.54) is 5.56 Å². The largest absolute Gasteiger partial charge is 0.312 e. The van der Waals surface area contributed by atoms with E-state index >= 15 is 0 Å². The van der Waals surface area contributed by atoms with Gasteiger partial charge in [-0.1, -0.05) is 48.0 Å². The van der Waals surface area contributed by atoms with Gasteiger partial charge in [-0.25, -0.2) is 0 Å². The summed E-state index contributed by atoms with van der Waals surface area (Å²) in [5.41, 5.74) is 4.31. The lowest BCUT2D eigenvalue weighted by atomic mass is 10.1. The maximum Gasteiger partial charge on any atom is 0.227 e. The average Bonchev–Trinajstić information content (AvgIpc) is 3.17. The van der Waals surface area contributed by atoms with Crippen molar-refractivity contribution in [2.45, 2.75) is 32.5 Å². The highest BCUT2D eigenvalue weighted by Gasteiger charge is 2.21. The van der Waals surface area contributed by atoms with Gasteiger partial charge in [0.1, 0.15) is 0 Å². The SMILES string of the molecule is O=C1CCCN1c1ccc(CN(Cc2ccccn2)Cc2ccccc2Cl)cc1. The Morgan fingerprint density at radius 2 is 1.72 bits per heavy atom. The summed E-state index contributed by atoms with van der Waals surface area (Å²) < 4.78 is 0. The van der Waals surface area contributed by atoms with E-state index in [0.29, 0.717) is 6.42 Å². The fourth-order valence-electron chi connectivity index (χ4n) is 3.72. The molecule has 3 aromatic rings. The third-order valence-electron chi connectivity index (χ3n) is 5.19. The molecule has 5 heteroatoms. The number of hydrogen-bond donors (Lipinski definition) is 0. The van der Waals surface area contributed by atoms with Crippen molar-refractivity contribution in [1.82, 2.24) is 9.88 Å². The summed E-state index contributed by atoms with van der Waals surface area (Å²) in [5.74, 6) is 0.216. The first kappa shape index (κ1) is 19.6. The molecule has 0 aliphatic carbocycles. The number of rotatable bonds is 7. The highest BCUT2D eigenvalue weighted by Crippen LogP contribution is 2.23. The molecule has 1 aliphatic heterocycles. The Balaban J connectivity index is 1.51. The van der Waals surface area contributed by atoms with Gasteiger partial charge in [0.2, 0.25) is 5.91 Å². The van der Waals surface area contributed by atoms with Gasteiger partial charge in [0, 0.05) is 49.5 Å². The van der Waals surface area contributed by atoms with E-state index in [4.69, 9.17) is 11.6 Å². The van der Waals surface area contributed by atoms with E-state index in [0.717, 1.165) is 54.6 Å². The third-order valence-corrected chi connectivity index (χ3v) is 5.56. The number of aromatic nitrogens is 1. The zero-order chi connectivity index (χ0) is 20.1. The summed E-state index contributed by atoms with van der Waals surface area (Å²) >= 11 is 6.40. The van der Waals surface area contributed by atoms with Crippen LogP contribution in [0.1, 0.15) is 29.7 Å². The van der Waals surface area contributed by atoms with Crippen LogP contribution in [0.3, 0.4) is 0 Å². The van der Waals surface area contributed by atoms with Gasteiger partial charge in [0.05, 0.1) is 5.69 Å². The monoisotopic (exact) mass is 405 g/mol. The molecule has 0 saturated carbocycles. The maximum atomic E-state index is 12.0. The molecule has 1 aromatic heterocycles. The smallest absolute Gasteiger partial charge is 0.227 e. The maximum absolute atomic E-state index is 12.0. The van der Waals surface area contributed by atoms with Crippen LogP contribution in [0.4, 0.5) is 5.69 Å². The molecule has 1 aliphatic rings. The minimum atomic E-state index is 0.216. The summed E-state index contributed by atoms with van der Waals surface area (Å²) in [6.07, 6.45) is 3.42.